The van der Waals surface area contributed by atoms with Crippen molar-refractivity contribution in [3.63, 3.8) is 0 Å². The largest absolute Gasteiger partial charge is 0.309 e. The summed E-state index contributed by atoms with van der Waals surface area (Å²) in [5.41, 5.74) is 17.1. The van der Waals surface area contributed by atoms with E-state index in [9.17, 15) is 0 Å². The second-order valence-corrected chi connectivity index (χ2v) is 12.9. The van der Waals surface area contributed by atoms with E-state index in [-0.39, 0.29) is 10.8 Å². The second kappa shape index (κ2) is 6.90. The normalized spacial score (nSPS) is 18.8. The van der Waals surface area contributed by atoms with Gasteiger partial charge in [-0.1, -0.05) is 113 Å². The third kappa shape index (κ3) is 2.44. The Kier molecular flexibility index (Phi) is 3.86. The van der Waals surface area contributed by atoms with Crippen LogP contribution in [-0.4, -0.2) is 4.57 Å². The molecule has 6 aromatic rings. The van der Waals surface area contributed by atoms with Gasteiger partial charge in [-0.15, -0.1) is 0 Å². The highest BCUT2D eigenvalue weighted by Gasteiger charge is 2.45. The van der Waals surface area contributed by atoms with Crippen molar-refractivity contribution in [2.24, 2.45) is 0 Å². The summed E-state index contributed by atoms with van der Waals surface area (Å²) in [6.07, 6.45) is 1.06. The summed E-state index contributed by atoms with van der Waals surface area (Å²) in [4.78, 5) is 0. The smallest absolute Gasteiger partial charge is 0.0585 e. The fourth-order valence-corrected chi connectivity index (χ4v) is 8.61. The van der Waals surface area contributed by atoms with Crippen LogP contribution in [0.3, 0.4) is 0 Å². The lowest BCUT2D eigenvalue weighted by Gasteiger charge is -2.45. The molecule has 0 fully saturated rings. The maximum atomic E-state index is 2.63. The van der Waals surface area contributed by atoms with E-state index in [1.807, 2.05) is 0 Å². The number of rotatable bonds is 0. The van der Waals surface area contributed by atoms with Crippen LogP contribution in [0.1, 0.15) is 72.6 Å². The summed E-state index contributed by atoms with van der Waals surface area (Å²) in [5.74, 6) is 0.366. The van der Waals surface area contributed by atoms with E-state index < -0.39 is 0 Å². The van der Waals surface area contributed by atoms with Crippen LogP contribution < -0.4 is 0 Å². The van der Waals surface area contributed by atoms with Gasteiger partial charge in [0.1, 0.15) is 0 Å². The van der Waals surface area contributed by atoms with Crippen LogP contribution in [0.5, 0.6) is 0 Å². The highest BCUT2D eigenvalue weighted by molar-refractivity contribution is 6.14. The van der Waals surface area contributed by atoms with Crippen LogP contribution in [-0.2, 0) is 17.3 Å². The number of hydrogen-bond acceptors (Lipinski definition) is 0. The summed E-state index contributed by atoms with van der Waals surface area (Å²) < 4.78 is 2.57. The first-order valence-electron chi connectivity index (χ1n) is 14.3. The maximum absolute atomic E-state index is 2.63. The molecule has 0 saturated heterocycles. The van der Waals surface area contributed by atoms with Crippen LogP contribution in [0.4, 0.5) is 0 Å². The summed E-state index contributed by atoms with van der Waals surface area (Å²) in [7, 11) is 0. The van der Waals surface area contributed by atoms with E-state index in [2.05, 4.69) is 129 Å². The SMILES string of the molecule is CC1(C)c2cccc3c2C(Cc2ccccc2-3)c2cc3c4c(c21)c1ccccc1n4-c1ccccc1C3(C)C. The van der Waals surface area contributed by atoms with Crippen LogP contribution in [0.2, 0.25) is 0 Å². The Morgan fingerprint density at radius 1 is 0.667 bits per heavy atom. The van der Waals surface area contributed by atoms with Gasteiger partial charge in [0.05, 0.1) is 16.7 Å². The van der Waals surface area contributed by atoms with Gasteiger partial charge < -0.3 is 4.57 Å². The zero-order valence-electron chi connectivity index (χ0n) is 23.0. The van der Waals surface area contributed by atoms with E-state index >= 15 is 0 Å². The van der Waals surface area contributed by atoms with Gasteiger partial charge in [-0.25, -0.2) is 0 Å². The molecule has 39 heavy (non-hydrogen) atoms. The molecule has 1 unspecified atom stereocenters. The minimum absolute atomic E-state index is 0.0925. The second-order valence-electron chi connectivity index (χ2n) is 12.9. The molecule has 1 aliphatic heterocycles. The molecule has 1 nitrogen and oxygen atoms in total. The molecule has 0 radical (unpaired) electrons. The maximum Gasteiger partial charge on any atom is 0.0585 e. The Hall–Kier alpha value is -4.10. The molecule has 0 amide bonds. The average Bonchev–Trinajstić information content (AvgIpc) is 3.29. The highest BCUT2D eigenvalue weighted by Crippen LogP contribution is 2.59. The van der Waals surface area contributed by atoms with Gasteiger partial charge in [0, 0.05) is 27.5 Å². The predicted molar refractivity (Wildman–Crippen MR) is 162 cm³/mol. The minimum atomic E-state index is -0.113. The van der Waals surface area contributed by atoms with E-state index in [1.54, 1.807) is 5.56 Å². The van der Waals surface area contributed by atoms with Crippen molar-refractivity contribution in [3.05, 3.63) is 136 Å². The monoisotopic (exact) mass is 501 g/mol. The number of hydrogen-bond donors (Lipinski definition) is 0. The van der Waals surface area contributed by atoms with Crippen LogP contribution in [0.25, 0.3) is 38.6 Å². The molecule has 3 aliphatic rings. The van der Waals surface area contributed by atoms with Crippen molar-refractivity contribution < 1.29 is 0 Å². The van der Waals surface area contributed by atoms with Gasteiger partial charge in [0.15, 0.2) is 0 Å². The Morgan fingerprint density at radius 2 is 1.38 bits per heavy atom. The zero-order valence-corrected chi connectivity index (χ0v) is 23.0. The fraction of sp³-hybridized carbons (Fsp3) is 0.211. The topological polar surface area (TPSA) is 4.93 Å². The van der Waals surface area contributed by atoms with E-state index in [1.165, 1.54) is 72.0 Å². The van der Waals surface area contributed by atoms with Crippen LogP contribution in [0, 0.1) is 0 Å². The molecule has 1 aromatic heterocycles. The van der Waals surface area contributed by atoms with E-state index in [4.69, 9.17) is 0 Å². The molecule has 2 heterocycles. The summed E-state index contributed by atoms with van der Waals surface area (Å²) in [6.45, 7) is 9.79. The first-order valence-corrected chi connectivity index (χ1v) is 14.3. The number of nitrogens with zero attached hydrogens (tertiary/aromatic N) is 1. The van der Waals surface area contributed by atoms with Crippen LogP contribution in [0.15, 0.2) is 97.1 Å². The van der Waals surface area contributed by atoms with E-state index in [0.717, 1.165) is 6.42 Å². The molecule has 2 aliphatic carbocycles. The molecular weight excluding hydrogens is 470 g/mol. The van der Waals surface area contributed by atoms with Gasteiger partial charge in [-0.05, 0) is 68.6 Å². The number of fused-ring (bicyclic) bond motifs is 10. The minimum Gasteiger partial charge on any atom is -0.309 e. The average molecular weight is 502 g/mol. The van der Waals surface area contributed by atoms with Crippen molar-refractivity contribution >= 4 is 21.8 Å². The molecule has 1 atom stereocenters. The quantitative estimate of drug-likeness (QED) is 0.195. The molecule has 0 spiro atoms. The molecule has 0 N–H and O–H groups in total. The molecule has 9 rings (SSSR count). The molecule has 188 valence electrons. The van der Waals surface area contributed by atoms with Gasteiger partial charge in [-0.3, -0.25) is 0 Å². The Labute approximate surface area is 229 Å². The Morgan fingerprint density at radius 3 is 2.28 bits per heavy atom. The lowest BCUT2D eigenvalue weighted by molar-refractivity contribution is 0.576. The molecule has 1 heteroatoms. The first kappa shape index (κ1) is 21.8. The molecule has 0 bridgehead atoms. The third-order valence-electron chi connectivity index (χ3n) is 10.3. The highest BCUT2D eigenvalue weighted by atomic mass is 15.0. The fourth-order valence-electron chi connectivity index (χ4n) is 8.61. The lowest BCUT2D eigenvalue weighted by Crippen LogP contribution is -2.34. The lowest BCUT2D eigenvalue weighted by atomic mass is 9.59. The Balaban J connectivity index is 1.51. The van der Waals surface area contributed by atoms with Gasteiger partial charge in [0.25, 0.3) is 0 Å². The van der Waals surface area contributed by atoms with Crippen molar-refractivity contribution in [1.82, 2.24) is 4.57 Å². The predicted octanol–water partition coefficient (Wildman–Crippen LogP) is 9.42. The molecular formula is C38H31N. The Bertz CT molecular complexity index is 2050. The number of benzene rings is 5. The van der Waals surface area contributed by atoms with Crippen molar-refractivity contribution in [2.75, 3.05) is 0 Å². The van der Waals surface area contributed by atoms with Crippen molar-refractivity contribution in [1.29, 1.82) is 0 Å². The molecule has 5 aromatic carbocycles. The summed E-state index contributed by atoms with van der Waals surface area (Å²) >= 11 is 0. The summed E-state index contributed by atoms with van der Waals surface area (Å²) in [6, 6.07) is 36.9. The third-order valence-corrected chi connectivity index (χ3v) is 10.3. The summed E-state index contributed by atoms with van der Waals surface area (Å²) in [5, 5.41) is 2.84. The van der Waals surface area contributed by atoms with Crippen molar-refractivity contribution in [3.8, 4) is 16.8 Å². The zero-order chi connectivity index (χ0) is 26.3. The number of aromatic nitrogens is 1. The van der Waals surface area contributed by atoms with Gasteiger partial charge in [0.2, 0.25) is 0 Å². The molecule has 0 saturated carbocycles. The number of para-hydroxylation sites is 2. The van der Waals surface area contributed by atoms with Crippen molar-refractivity contribution in [2.45, 2.75) is 50.9 Å². The van der Waals surface area contributed by atoms with Gasteiger partial charge in [-0.2, -0.15) is 0 Å². The van der Waals surface area contributed by atoms with E-state index in [0.29, 0.717) is 5.92 Å². The first-order chi connectivity index (χ1) is 18.9. The van der Waals surface area contributed by atoms with Crippen LogP contribution >= 0.6 is 0 Å². The standard InChI is InChI=1S/C38H31N/c1-37(2)28-16-8-10-19-32(28)39-31-18-9-7-14-25(31)34-35-27(21-30(37)36(34)39)26-20-22-12-5-6-13-23(22)24-15-11-17-29(33(24)26)38(35,3)4/h5-19,21,26H,20H2,1-4H3. The van der Waals surface area contributed by atoms with Gasteiger partial charge >= 0.3 is 0 Å².